The van der Waals surface area contributed by atoms with Crippen molar-refractivity contribution in [3.05, 3.63) is 54.0 Å². The first-order valence-electron chi connectivity index (χ1n) is 9.41. The number of nitrogens with zero attached hydrogens (tertiary/aromatic N) is 4. The second kappa shape index (κ2) is 7.32. The van der Waals surface area contributed by atoms with Crippen molar-refractivity contribution in [1.82, 2.24) is 24.6 Å². The minimum atomic E-state index is -3.30. The van der Waals surface area contributed by atoms with Gasteiger partial charge in [0.15, 0.2) is 15.7 Å². The first kappa shape index (κ1) is 19.1. The van der Waals surface area contributed by atoms with Gasteiger partial charge in [0, 0.05) is 29.6 Å². The number of H-pyrrole nitrogens is 1. The van der Waals surface area contributed by atoms with E-state index in [1.165, 1.54) is 0 Å². The van der Waals surface area contributed by atoms with Gasteiger partial charge in [-0.2, -0.15) is 5.10 Å². The predicted octanol–water partition coefficient (Wildman–Crippen LogP) is 3.53. The first-order valence-corrected chi connectivity index (χ1v) is 11.1. The quantitative estimate of drug-likeness (QED) is 0.504. The van der Waals surface area contributed by atoms with Crippen molar-refractivity contribution >= 4 is 27.3 Å². The molecule has 150 valence electrons. The van der Waals surface area contributed by atoms with Crippen molar-refractivity contribution in [3.63, 3.8) is 0 Å². The van der Waals surface area contributed by atoms with E-state index in [1.54, 1.807) is 25.1 Å². The van der Waals surface area contributed by atoms with Gasteiger partial charge in [0.05, 0.1) is 22.0 Å². The number of benzene rings is 1. The molecule has 4 aromatic rings. The number of imidazole rings is 1. The largest absolute Gasteiger partial charge is 0.308 e. The molecule has 1 aromatic carbocycles. The highest BCUT2D eigenvalue weighted by Gasteiger charge is 2.15. The Bertz CT molecular complexity index is 1290. The van der Waals surface area contributed by atoms with E-state index in [0.29, 0.717) is 28.7 Å². The summed E-state index contributed by atoms with van der Waals surface area (Å²) >= 11 is 0. The van der Waals surface area contributed by atoms with Crippen molar-refractivity contribution in [2.75, 3.05) is 11.1 Å². The minimum absolute atomic E-state index is 0.0497. The van der Waals surface area contributed by atoms with Gasteiger partial charge in [0.1, 0.15) is 5.65 Å². The van der Waals surface area contributed by atoms with E-state index >= 15 is 0 Å². The molecule has 0 saturated heterocycles. The number of fused-ring (bicyclic) bond motifs is 1. The number of aryl methyl sites for hydroxylation is 2. The Balaban J connectivity index is 1.83. The van der Waals surface area contributed by atoms with Crippen LogP contribution < -0.4 is 5.32 Å². The van der Waals surface area contributed by atoms with Crippen LogP contribution in [-0.2, 0) is 16.3 Å². The average molecular weight is 411 g/mol. The summed E-state index contributed by atoms with van der Waals surface area (Å²) in [5.74, 6) is 1.26. The summed E-state index contributed by atoms with van der Waals surface area (Å²) in [5.41, 5.74) is 3.92. The Hall–Kier alpha value is -3.20. The van der Waals surface area contributed by atoms with Gasteiger partial charge in [0.2, 0.25) is 5.95 Å². The zero-order valence-electron chi connectivity index (χ0n) is 16.5. The molecule has 3 aromatic heterocycles. The number of anilines is 2. The maximum atomic E-state index is 12.3. The van der Waals surface area contributed by atoms with E-state index in [2.05, 4.69) is 20.5 Å². The molecule has 0 spiro atoms. The zero-order valence-corrected chi connectivity index (χ0v) is 17.3. The van der Waals surface area contributed by atoms with E-state index in [1.807, 2.05) is 42.6 Å². The van der Waals surface area contributed by atoms with Crippen LogP contribution in [0.4, 0.5) is 11.8 Å². The lowest BCUT2D eigenvalue weighted by molar-refractivity contribution is 0.597. The summed E-state index contributed by atoms with van der Waals surface area (Å²) in [6.07, 6.45) is 2.74. The molecule has 29 heavy (non-hydrogen) atoms. The van der Waals surface area contributed by atoms with E-state index in [0.717, 1.165) is 17.8 Å². The van der Waals surface area contributed by atoms with Crippen molar-refractivity contribution < 1.29 is 8.42 Å². The van der Waals surface area contributed by atoms with Crippen molar-refractivity contribution in [1.29, 1.82) is 0 Å². The van der Waals surface area contributed by atoms with Crippen LogP contribution in [0, 0.1) is 6.92 Å². The van der Waals surface area contributed by atoms with Gasteiger partial charge in [-0.3, -0.25) is 9.50 Å². The molecule has 0 saturated carbocycles. The smallest absolute Gasteiger partial charge is 0.215 e. The van der Waals surface area contributed by atoms with Crippen molar-refractivity contribution in [2.45, 2.75) is 32.1 Å². The molecule has 4 rings (SSSR count). The maximum absolute atomic E-state index is 12.3. The minimum Gasteiger partial charge on any atom is -0.308 e. The number of hydrogen-bond donors (Lipinski definition) is 2. The van der Waals surface area contributed by atoms with Crippen LogP contribution in [0.15, 0.2) is 47.5 Å². The SMILES string of the molecule is CCc1cc(Nc2nc(-c3cccc(S(=O)(=O)CC)c3)cc3nc(C)cn23)n[nH]1. The predicted molar refractivity (Wildman–Crippen MR) is 112 cm³/mol. The number of aromatic nitrogens is 5. The monoisotopic (exact) mass is 410 g/mol. The van der Waals surface area contributed by atoms with Crippen LogP contribution in [0.1, 0.15) is 25.2 Å². The molecule has 0 aliphatic heterocycles. The molecule has 0 amide bonds. The van der Waals surface area contributed by atoms with Gasteiger partial charge < -0.3 is 5.32 Å². The number of nitrogens with one attached hydrogen (secondary N) is 2. The number of aromatic amines is 1. The van der Waals surface area contributed by atoms with Crippen LogP contribution in [0.25, 0.3) is 16.9 Å². The fraction of sp³-hybridized carbons (Fsp3) is 0.250. The third kappa shape index (κ3) is 3.73. The lowest BCUT2D eigenvalue weighted by Gasteiger charge is -2.10. The summed E-state index contributed by atoms with van der Waals surface area (Å²) in [6, 6.07) is 10.6. The summed E-state index contributed by atoms with van der Waals surface area (Å²) in [7, 11) is -3.30. The summed E-state index contributed by atoms with van der Waals surface area (Å²) in [5, 5.41) is 10.5. The Morgan fingerprint density at radius 3 is 2.69 bits per heavy atom. The molecule has 0 atom stereocenters. The maximum Gasteiger partial charge on any atom is 0.215 e. The van der Waals surface area contributed by atoms with Gasteiger partial charge in [0.25, 0.3) is 0 Å². The molecule has 0 bridgehead atoms. The summed E-state index contributed by atoms with van der Waals surface area (Å²) < 4.78 is 26.4. The second-order valence-corrected chi connectivity index (χ2v) is 9.04. The third-order valence-electron chi connectivity index (χ3n) is 4.69. The Morgan fingerprint density at radius 1 is 1.14 bits per heavy atom. The van der Waals surface area contributed by atoms with Crippen molar-refractivity contribution in [2.24, 2.45) is 0 Å². The molecule has 0 fully saturated rings. The number of sulfone groups is 1. The molecule has 0 radical (unpaired) electrons. The second-order valence-electron chi connectivity index (χ2n) is 6.76. The fourth-order valence-corrected chi connectivity index (χ4v) is 4.01. The number of hydrogen-bond acceptors (Lipinski definition) is 6. The van der Waals surface area contributed by atoms with Crippen molar-refractivity contribution in [3.8, 4) is 11.3 Å². The highest BCUT2D eigenvalue weighted by molar-refractivity contribution is 7.91. The van der Waals surface area contributed by atoms with Crippen LogP contribution in [0.5, 0.6) is 0 Å². The van der Waals surface area contributed by atoms with Crippen LogP contribution in [-0.4, -0.2) is 38.7 Å². The van der Waals surface area contributed by atoms with Crippen LogP contribution in [0.3, 0.4) is 0 Å². The van der Waals surface area contributed by atoms with Gasteiger partial charge in [-0.15, -0.1) is 0 Å². The third-order valence-corrected chi connectivity index (χ3v) is 6.43. The number of rotatable bonds is 6. The lowest BCUT2D eigenvalue weighted by Crippen LogP contribution is -2.05. The molecular formula is C20H22N6O2S. The van der Waals surface area contributed by atoms with Gasteiger partial charge in [-0.1, -0.05) is 26.0 Å². The van der Waals surface area contributed by atoms with Gasteiger partial charge in [-0.05, 0) is 25.5 Å². The summed E-state index contributed by atoms with van der Waals surface area (Å²) in [4.78, 5) is 9.56. The molecule has 0 aliphatic rings. The molecular weight excluding hydrogens is 388 g/mol. The van der Waals surface area contributed by atoms with E-state index in [9.17, 15) is 8.42 Å². The summed E-state index contributed by atoms with van der Waals surface area (Å²) in [6.45, 7) is 5.59. The van der Waals surface area contributed by atoms with Crippen LogP contribution in [0.2, 0.25) is 0 Å². The Morgan fingerprint density at radius 2 is 1.97 bits per heavy atom. The first-order chi connectivity index (χ1) is 13.9. The standard InChI is InChI=1S/C20H22N6O2S/c1-4-15-10-18(25-24-15)23-20-22-17(11-19-21-13(3)12-26(19)20)14-7-6-8-16(9-14)29(27,28)5-2/h6-12H,4-5H2,1-3H3,(H2,22,23,24,25). The van der Waals surface area contributed by atoms with E-state index in [4.69, 9.17) is 4.98 Å². The molecule has 9 heteroatoms. The highest BCUT2D eigenvalue weighted by atomic mass is 32.2. The highest BCUT2D eigenvalue weighted by Crippen LogP contribution is 2.26. The average Bonchev–Trinajstić information content (AvgIpc) is 3.33. The molecule has 0 aliphatic carbocycles. The zero-order chi connectivity index (χ0) is 20.6. The topological polar surface area (TPSA) is 105 Å². The molecule has 8 nitrogen and oxygen atoms in total. The van der Waals surface area contributed by atoms with E-state index in [-0.39, 0.29) is 10.6 Å². The van der Waals surface area contributed by atoms with Gasteiger partial charge in [-0.25, -0.2) is 18.4 Å². The molecule has 2 N–H and O–H groups in total. The Kier molecular flexibility index (Phi) is 4.83. The fourth-order valence-electron chi connectivity index (χ4n) is 3.08. The van der Waals surface area contributed by atoms with Crippen LogP contribution >= 0.6 is 0 Å². The molecule has 3 heterocycles. The van der Waals surface area contributed by atoms with Gasteiger partial charge >= 0.3 is 0 Å². The Labute approximate surface area is 169 Å². The van der Waals surface area contributed by atoms with E-state index < -0.39 is 9.84 Å². The molecule has 0 unspecified atom stereocenters. The normalized spacial score (nSPS) is 11.8. The lowest BCUT2D eigenvalue weighted by atomic mass is 10.1.